The molecule has 0 aromatic heterocycles. The Morgan fingerprint density at radius 3 is 2.91 bits per heavy atom. The highest BCUT2D eigenvalue weighted by molar-refractivity contribution is 5.88. The molecule has 0 aromatic rings. The van der Waals surface area contributed by atoms with Gasteiger partial charge in [-0.15, -0.1) is 0 Å². The number of carboxylic acids is 1. The van der Waals surface area contributed by atoms with Crippen LogP contribution in [-0.4, -0.2) is 24.3 Å². The van der Waals surface area contributed by atoms with E-state index in [1.165, 1.54) is 0 Å². The number of hydrogen-bond donors (Lipinski definition) is 1. The van der Waals surface area contributed by atoms with Crippen LogP contribution in [0.15, 0.2) is 11.1 Å². The van der Waals surface area contributed by atoms with Crippen LogP contribution in [0.2, 0.25) is 0 Å². The lowest BCUT2D eigenvalue weighted by Gasteiger charge is -2.16. The van der Waals surface area contributed by atoms with Gasteiger partial charge in [-0.1, -0.05) is 12.5 Å². The molecule has 0 fully saturated rings. The van der Waals surface area contributed by atoms with Gasteiger partial charge in [0, 0.05) is 0 Å². The van der Waals surface area contributed by atoms with Gasteiger partial charge in [-0.05, 0) is 12.8 Å². The summed E-state index contributed by atoms with van der Waals surface area (Å²) in [6, 6.07) is 0. The highest BCUT2D eigenvalue weighted by Crippen LogP contribution is 2.18. The maximum atomic E-state index is 10.6. The standard InChI is InChI=1S/C8H12O3/c1-2-6-3-4-11-5-7(6)8(9)10/h2-5H2,1H3,(H,9,10). The number of aliphatic carboxylic acids is 1. The summed E-state index contributed by atoms with van der Waals surface area (Å²) < 4.78 is 5.04. The predicted octanol–water partition coefficient (Wildman–Crippen LogP) is 1.20. The minimum Gasteiger partial charge on any atom is -0.478 e. The molecule has 0 bridgehead atoms. The van der Waals surface area contributed by atoms with E-state index in [0.717, 1.165) is 18.4 Å². The Hall–Kier alpha value is -0.830. The zero-order valence-electron chi connectivity index (χ0n) is 6.59. The fourth-order valence-corrected chi connectivity index (χ4v) is 1.23. The molecule has 3 nitrogen and oxygen atoms in total. The first-order valence-electron chi connectivity index (χ1n) is 3.77. The smallest absolute Gasteiger partial charge is 0.333 e. The third-order valence-corrected chi connectivity index (χ3v) is 1.91. The molecule has 3 heteroatoms. The van der Waals surface area contributed by atoms with Gasteiger partial charge in [0.2, 0.25) is 0 Å². The maximum absolute atomic E-state index is 10.6. The molecule has 1 heterocycles. The average molecular weight is 156 g/mol. The average Bonchev–Trinajstić information content (AvgIpc) is 2.04. The van der Waals surface area contributed by atoms with E-state index >= 15 is 0 Å². The molecule has 1 aliphatic heterocycles. The Morgan fingerprint density at radius 1 is 1.73 bits per heavy atom. The van der Waals surface area contributed by atoms with Crippen molar-refractivity contribution in [2.24, 2.45) is 0 Å². The van der Waals surface area contributed by atoms with Crippen molar-refractivity contribution >= 4 is 5.97 Å². The monoisotopic (exact) mass is 156 g/mol. The van der Waals surface area contributed by atoms with E-state index < -0.39 is 5.97 Å². The molecule has 0 atom stereocenters. The first-order chi connectivity index (χ1) is 5.25. The Balaban J connectivity index is 2.81. The van der Waals surface area contributed by atoms with Crippen LogP contribution in [0.1, 0.15) is 19.8 Å². The molecular formula is C8H12O3. The summed E-state index contributed by atoms with van der Waals surface area (Å²) in [6.45, 7) is 2.92. The molecular weight excluding hydrogens is 144 g/mol. The van der Waals surface area contributed by atoms with Crippen molar-refractivity contribution in [2.75, 3.05) is 13.2 Å². The number of ether oxygens (including phenoxy) is 1. The molecule has 1 N–H and O–H groups in total. The van der Waals surface area contributed by atoms with Crippen LogP contribution < -0.4 is 0 Å². The Labute approximate surface area is 65.7 Å². The van der Waals surface area contributed by atoms with E-state index in [0.29, 0.717) is 12.2 Å². The van der Waals surface area contributed by atoms with Crippen molar-refractivity contribution in [2.45, 2.75) is 19.8 Å². The van der Waals surface area contributed by atoms with E-state index in [2.05, 4.69) is 0 Å². The van der Waals surface area contributed by atoms with Crippen LogP contribution in [0.4, 0.5) is 0 Å². The largest absolute Gasteiger partial charge is 0.478 e. The minimum absolute atomic E-state index is 0.276. The van der Waals surface area contributed by atoms with Crippen LogP contribution in [0.5, 0.6) is 0 Å². The Morgan fingerprint density at radius 2 is 2.45 bits per heavy atom. The van der Waals surface area contributed by atoms with Gasteiger partial charge in [-0.25, -0.2) is 4.79 Å². The molecule has 0 spiro atoms. The van der Waals surface area contributed by atoms with Gasteiger partial charge in [0.15, 0.2) is 0 Å². The van der Waals surface area contributed by atoms with Gasteiger partial charge in [-0.2, -0.15) is 0 Å². The topological polar surface area (TPSA) is 46.5 Å². The summed E-state index contributed by atoms with van der Waals surface area (Å²) in [5.74, 6) is -0.832. The molecule has 1 aliphatic rings. The van der Waals surface area contributed by atoms with Crippen LogP contribution in [0, 0.1) is 0 Å². The zero-order chi connectivity index (χ0) is 8.27. The SMILES string of the molecule is CCC1=C(C(=O)O)COCC1. The quantitative estimate of drug-likeness (QED) is 0.653. The first kappa shape index (κ1) is 8.27. The third kappa shape index (κ3) is 1.80. The predicted molar refractivity (Wildman–Crippen MR) is 40.4 cm³/mol. The summed E-state index contributed by atoms with van der Waals surface area (Å²) in [4.78, 5) is 10.6. The van der Waals surface area contributed by atoms with Gasteiger partial charge < -0.3 is 9.84 Å². The van der Waals surface area contributed by atoms with Crippen molar-refractivity contribution in [1.29, 1.82) is 0 Å². The van der Waals surface area contributed by atoms with E-state index in [1.54, 1.807) is 0 Å². The Kier molecular flexibility index (Phi) is 2.65. The van der Waals surface area contributed by atoms with Gasteiger partial charge in [0.05, 0.1) is 18.8 Å². The third-order valence-electron chi connectivity index (χ3n) is 1.91. The summed E-state index contributed by atoms with van der Waals surface area (Å²) in [7, 11) is 0. The summed E-state index contributed by atoms with van der Waals surface area (Å²) in [5, 5.41) is 8.70. The van der Waals surface area contributed by atoms with Crippen LogP contribution in [0.25, 0.3) is 0 Å². The molecule has 0 aliphatic carbocycles. The molecule has 62 valence electrons. The number of hydrogen-bond acceptors (Lipinski definition) is 2. The second-order valence-corrected chi connectivity index (χ2v) is 2.54. The van der Waals surface area contributed by atoms with Crippen molar-refractivity contribution in [3.05, 3.63) is 11.1 Å². The highest BCUT2D eigenvalue weighted by atomic mass is 16.5. The molecule has 11 heavy (non-hydrogen) atoms. The minimum atomic E-state index is -0.832. The molecule has 0 saturated heterocycles. The number of rotatable bonds is 2. The lowest BCUT2D eigenvalue weighted by molar-refractivity contribution is -0.133. The van der Waals surface area contributed by atoms with Gasteiger partial charge in [-0.3, -0.25) is 0 Å². The fourth-order valence-electron chi connectivity index (χ4n) is 1.23. The summed E-state index contributed by atoms with van der Waals surface area (Å²) >= 11 is 0. The van der Waals surface area contributed by atoms with Crippen molar-refractivity contribution < 1.29 is 14.6 Å². The van der Waals surface area contributed by atoms with E-state index in [4.69, 9.17) is 9.84 Å². The van der Waals surface area contributed by atoms with Crippen molar-refractivity contribution in [1.82, 2.24) is 0 Å². The van der Waals surface area contributed by atoms with E-state index in [-0.39, 0.29) is 6.61 Å². The van der Waals surface area contributed by atoms with Crippen molar-refractivity contribution in [3.63, 3.8) is 0 Å². The lowest BCUT2D eigenvalue weighted by Crippen LogP contribution is -2.17. The number of carboxylic acid groups (broad SMARTS) is 1. The first-order valence-corrected chi connectivity index (χ1v) is 3.77. The normalized spacial score (nSPS) is 18.6. The molecule has 0 saturated carbocycles. The zero-order valence-corrected chi connectivity index (χ0v) is 6.59. The fraction of sp³-hybridized carbons (Fsp3) is 0.625. The summed E-state index contributed by atoms with van der Waals surface area (Å²) in [5.41, 5.74) is 1.49. The van der Waals surface area contributed by atoms with Gasteiger partial charge >= 0.3 is 5.97 Å². The van der Waals surface area contributed by atoms with Crippen LogP contribution >= 0.6 is 0 Å². The lowest BCUT2D eigenvalue weighted by atomic mass is 10.0. The van der Waals surface area contributed by atoms with Crippen LogP contribution in [0.3, 0.4) is 0 Å². The van der Waals surface area contributed by atoms with E-state index in [9.17, 15) is 4.79 Å². The van der Waals surface area contributed by atoms with Crippen molar-refractivity contribution in [3.8, 4) is 0 Å². The van der Waals surface area contributed by atoms with E-state index in [1.807, 2.05) is 6.92 Å². The summed E-state index contributed by atoms with van der Waals surface area (Å²) in [6.07, 6.45) is 1.60. The Bertz CT molecular complexity index is 194. The molecule has 1 rings (SSSR count). The molecule has 0 unspecified atom stereocenters. The molecule has 0 aromatic carbocycles. The molecule has 0 amide bonds. The second kappa shape index (κ2) is 3.53. The van der Waals surface area contributed by atoms with Crippen LogP contribution in [-0.2, 0) is 9.53 Å². The second-order valence-electron chi connectivity index (χ2n) is 2.54. The van der Waals surface area contributed by atoms with Gasteiger partial charge in [0.25, 0.3) is 0 Å². The number of carbonyl (C=O) groups is 1. The highest BCUT2D eigenvalue weighted by Gasteiger charge is 2.16. The molecule has 0 radical (unpaired) electrons. The maximum Gasteiger partial charge on any atom is 0.333 e. The van der Waals surface area contributed by atoms with Gasteiger partial charge in [0.1, 0.15) is 0 Å².